The van der Waals surface area contributed by atoms with E-state index in [0.717, 1.165) is 12.8 Å². The number of hydrogen-bond acceptors (Lipinski definition) is 0. The predicted octanol–water partition coefficient (Wildman–Crippen LogP) is 2.43. The molecule has 0 saturated heterocycles. The molecule has 0 nitrogen and oxygen atoms in total. The van der Waals surface area contributed by atoms with E-state index in [1.165, 1.54) is 76.8 Å². The third-order valence-corrected chi connectivity index (χ3v) is 7.86. The standard InChI is InChI=1S/C20H17.C13H10.2ClH.Zr/c1-2-14-11-18(15-7-3-4-8-15)20-13-16-9-5-6-10-17(16)19(20)12-14;1-3-7-12(8-4-1)11-13-9-5-2-6-10-13;;;/h3-7,9-13H,2,8H2,1H3;1-10H;2*1H;/q-1;;;;+2/p-2. The van der Waals surface area contributed by atoms with Crippen molar-refractivity contribution in [3.8, 4) is 0 Å². The average Bonchev–Trinajstić information content (AvgIpc) is 3.57. The second-order valence-corrected chi connectivity index (χ2v) is 9.85. The van der Waals surface area contributed by atoms with Crippen molar-refractivity contribution in [1.29, 1.82) is 0 Å². The number of rotatable bonds is 4. The third kappa shape index (κ3) is 6.09. The van der Waals surface area contributed by atoms with Gasteiger partial charge in [0.25, 0.3) is 0 Å². The van der Waals surface area contributed by atoms with Crippen LogP contribution in [-0.2, 0) is 30.7 Å². The van der Waals surface area contributed by atoms with Crippen molar-refractivity contribution in [2.45, 2.75) is 19.8 Å². The van der Waals surface area contributed by atoms with E-state index in [9.17, 15) is 0 Å². The molecule has 6 rings (SSSR count). The maximum absolute atomic E-state index is 2.38. The summed E-state index contributed by atoms with van der Waals surface area (Å²) in [6.07, 6.45) is 8.81. The Morgan fingerprint density at radius 3 is 1.97 bits per heavy atom. The monoisotopic (exact) mass is 583 g/mol. The van der Waals surface area contributed by atoms with E-state index in [0.29, 0.717) is 0 Å². The molecule has 0 fully saturated rings. The number of benzene rings is 4. The van der Waals surface area contributed by atoms with Crippen LogP contribution in [0.4, 0.5) is 0 Å². The van der Waals surface area contributed by atoms with Gasteiger partial charge < -0.3 is 24.8 Å². The first-order chi connectivity index (χ1) is 16.7. The van der Waals surface area contributed by atoms with Crippen LogP contribution < -0.4 is 24.8 Å². The zero-order chi connectivity index (χ0) is 23.3. The van der Waals surface area contributed by atoms with Gasteiger partial charge in [0.1, 0.15) is 0 Å². The minimum atomic E-state index is 0. The van der Waals surface area contributed by atoms with E-state index in [1.54, 1.807) is 0 Å². The van der Waals surface area contributed by atoms with Crippen molar-refractivity contribution in [1.82, 2.24) is 0 Å². The van der Waals surface area contributed by atoms with E-state index >= 15 is 0 Å². The first-order valence-corrected chi connectivity index (χ1v) is 13.1. The van der Waals surface area contributed by atoms with Gasteiger partial charge in [0.15, 0.2) is 0 Å². The molecule has 0 atom stereocenters. The molecule has 1 aliphatic rings. The Hall–Kier alpha value is -2.44. The number of fused-ring (bicyclic) bond motifs is 3. The number of allylic oxidation sites excluding steroid dienone is 4. The van der Waals surface area contributed by atoms with Gasteiger partial charge >= 0.3 is 99.2 Å². The SMILES string of the molecule is CCc1cc(C2=CC=CC2)c2[cH-]c3ccccc3c2c1.[Cl-].[Cl-].[Zr+2]=[C](c1ccccc1)c1ccccc1. The summed E-state index contributed by atoms with van der Waals surface area (Å²) in [5.41, 5.74) is 6.95. The fourth-order valence-electron chi connectivity index (χ4n) is 4.61. The Morgan fingerprint density at radius 1 is 0.778 bits per heavy atom. The molecule has 5 aromatic carbocycles. The Balaban J connectivity index is 0.000000201. The summed E-state index contributed by atoms with van der Waals surface area (Å²) >= 11 is 1.46. The number of aryl methyl sites for hydroxylation is 1. The van der Waals surface area contributed by atoms with Gasteiger partial charge in [-0.3, -0.25) is 0 Å². The van der Waals surface area contributed by atoms with E-state index in [1.807, 2.05) is 0 Å². The molecular formula is C33H27Cl2Zr-. The van der Waals surface area contributed by atoms with Crippen LogP contribution in [0, 0.1) is 0 Å². The molecule has 0 saturated carbocycles. The van der Waals surface area contributed by atoms with Crippen LogP contribution in [0.5, 0.6) is 0 Å². The van der Waals surface area contributed by atoms with Crippen molar-refractivity contribution in [3.63, 3.8) is 0 Å². The average molecular weight is 586 g/mol. The number of hydrogen-bond donors (Lipinski definition) is 0. The zero-order valence-electron chi connectivity index (χ0n) is 20.2. The Labute approximate surface area is 241 Å². The molecule has 1 aliphatic carbocycles. The molecule has 36 heavy (non-hydrogen) atoms. The molecule has 3 heteroatoms. The van der Waals surface area contributed by atoms with Crippen molar-refractivity contribution in [2.24, 2.45) is 0 Å². The molecule has 178 valence electrons. The molecule has 0 heterocycles. The van der Waals surface area contributed by atoms with Gasteiger partial charge in [0.2, 0.25) is 0 Å². The van der Waals surface area contributed by atoms with Gasteiger partial charge in [-0.25, -0.2) is 0 Å². The fourth-order valence-corrected chi connectivity index (χ4v) is 5.43. The summed E-state index contributed by atoms with van der Waals surface area (Å²) < 4.78 is 1.42. The molecule has 0 spiro atoms. The van der Waals surface area contributed by atoms with Crippen LogP contribution in [0.25, 0.3) is 27.1 Å². The molecule has 0 N–H and O–H groups in total. The Bertz CT molecular complexity index is 1470. The van der Waals surface area contributed by atoms with Crippen molar-refractivity contribution < 1.29 is 49.0 Å². The van der Waals surface area contributed by atoms with E-state index in [4.69, 9.17) is 0 Å². The summed E-state index contributed by atoms with van der Waals surface area (Å²) in [7, 11) is 0. The van der Waals surface area contributed by atoms with E-state index in [2.05, 4.69) is 128 Å². The maximum atomic E-state index is 2.38. The van der Waals surface area contributed by atoms with Gasteiger partial charge in [0, 0.05) is 0 Å². The molecule has 0 radical (unpaired) electrons. The molecular weight excluding hydrogens is 558 g/mol. The summed E-state index contributed by atoms with van der Waals surface area (Å²) in [6.45, 7) is 2.23. The molecule has 0 aromatic heterocycles. The number of halogens is 2. The van der Waals surface area contributed by atoms with Crippen molar-refractivity contribution in [3.05, 3.63) is 144 Å². The van der Waals surface area contributed by atoms with Gasteiger partial charge in [-0.2, -0.15) is 0 Å². The first kappa shape index (κ1) is 28.1. The van der Waals surface area contributed by atoms with Crippen LogP contribution in [0.15, 0.2) is 121 Å². The summed E-state index contributed by atoms with van der Waals surface area (Å²) in [6, 6.07) is 36.9. The van der Waals surface area contributed by atoms with Gasteiger partial charge in [-0.05, 0) is 12.8 Å². The predicted molar refractivity (Wildman–Crippen MR) is 144 cm³/mol. The first-order valence-electron chi connectivity index (χ1n) is 11.9. The van der Waals surface area contributed by atoms with Gasteiger partial charge in [-0.15, -0.1) is 33.7 Å². The van der Waals surface area contributed by atoms with E-state index in [-0.39, 0.29) is 24.8 Å². The van der Waals surface area contributed by atoms with Crippen LogP contribution in [0.2, 0.25) is 0 Å². The van der Waals surface area contributed by atoms with Crippen LogP contribution in [0.1, 0.15) is 35.6 Å². The second-order valence-electron chi connectivity index (χ2n) is 8.62. The fraction of sp³-hybridized carbons (Fsp3) is 0.0909. The van der Waals surface area contributed by atoms with E-state index < -0.39 is 0 Å². The quantitative estimate of drug-likeness (QED) is 0.285. The Morgan fingerprint density at radius 2 is 1.39 bits per heavy atom. The summed E-state index contributed by atoms with van der Waals surface area (Å²) in [5.74, 6) is 0. The normalized spacial score (nSPS) is 11.8. The summed E-state index contributed by atoms with van der Waals surface area (Å²) in [4.78, 5) is 0. The molecule has 0 unspecified atom stereocenters. The molecule has 0 amide bonds. The van der Waals surface area contributed by atoms with Gasteiger partial charge in [0.05, 0.1) is 0 Å². The molecule has 0 aliphatic heterocycles. The van der Waals surface area contributed by atoms with Crippen LogP contribution in [0.3, 0.4) is 0 Å². The Kier molecular flexibility index (Phi) is 10.3. The van der Waals surface area contributed by atoms with Crippen LogP contribution >= 0.6 is 0 Å². The zero-order valence-corrected chi connectivity index (χ0v) is 24.2. The third-order valence-electron chi connectivity index (χ3n) is 6.44. The topological polar surface area (TPSA) is 0 Å². The molecule has 5 aromatic rings. The minimum absolute atomic E-state index is 0. The van der Waals surface area contributed by atoms with Gasteiger partial charge in [-0.1, -0.05) is 72.2 Å². The molecule has 0 bridgehead atoms. The summed E-state index contributed by atoms with van der Waals surface area (Å²) in [5, 5.41) is 5.54. The second kappa shape index (κ2) is 13.2. The van der Waals surface area contributed by atoms with Crippen LogP contribution in [-0.4, -0.2) is 3.21 Å². The van der Waals surface area contributed by atoms with Crippen molar-refractivity contribution in [2.75, 3.05) is 0 Å². The van der Waals surface area contributed by atoms with Crippen molar-refractivity contribution >= 4 is 30.3 Å².